The first-order valence-electron chi connectivity index (χ1n) is 8.26. The van der Waals surface area contributed by atoms with Crippen LogP contribution in [-0.4, -0.2) is 37.2 Å². The van der Waals surface area contributed by atoms with E-state index in [2.05, 4.69) is 19.9 Å². The number of fused-ring (bicyclic) bond motifs is 2. The molecule has 0 atom stereocenters. The molecule has 0 spiro atoms. The number of aromatic nitrogens is 5. The number of nitrogens with one attached hydrogen (secondary N) is 1. The van der Waals surface area contributed by atoms with E-state index in [4.69, 9.17) is 15.2 Å². The Balaban J connectivity index is 1.81. The van der Waals surface area contributed by atoms with Crippen molar-refractivity contribution >= 4 is 17.1 Å². The molecule has 0 fully saturated rings. The molecule has 3 aromatic heterocycles. The van der Waals surface area contributed by atoms with Crippen molar-refractivity contribution < 1.29 is 14.3 Å². The lowest BCUT2D eigenvalue weighted by Gasteiger charge is -2.07. The Bertz CT molecular complexity index is 1290. The molecule has 138 valence electrons. The fourth-order valence-corrected chi connectivity index (χ4v) is 3.04. The summed E-state index contributed by atoms with van der Waals surface area (Å²) in [6, 6.07) is 10.2. The largest absolute Gasteiger partial charge is 0.454 e. The molecule has 10 heteroatoms. The smallest absolute Gasteiger partial charge is 0.332 e. The number of hydrogen-bond acceptors (Lipinski definition) is 7. The Labute approximate surface area is 156 Å². The summed E-state index contributed by atoms with van der Waals surface area (Å²) in [5.74, 6) is 0.477. The van der Waals surface area contributed by atoms with Crippen LogP contribution in [0, 0.1) is 0 Å². The molecule has 1 aliphatic heterocycles. The van der Waals surface area contributed by atoms with Gasteiger partial charge in [0.15, 0.2) is 28.7 Å². The second kappa shape index (κ2) is 5.91. The minimum absolute atomic E-state index is 0.0951. The monoisotopic (exact) mass is 376 g/mol. The molecule has 4 heterocycles. The number of imidazole rings is 1. The summed E-state index contributed by atoms with van der Waals surface area (Å²) in [5, 5.41) is 0. The summed E-state index contributed by atoms with van der Waals surface area (Å²) in [7, 11) is 0. The van der Waals surface area contributed by atoms with Crippen LogP contribution in [-0.2, 0) is 0 Å². The SMILES string of the molecule is NC(=O)c1nc(-c2ccccn2)nc2c1[nH]c(=O)n2-c1ccc2c(c1)OCO2. The summed E-state index contributed by atoms with van der Waals surface area (Å²) < 4.78 is 12.0. The maximum absolute atomic E-state index is 12.7. The Hall–Kier alpha value is -4.21. The van der Waals surface area contributed by atoms with E-state index in [1.54, 1.807) is 42.6 Å². The van der Waals surface area contributed by atoms with Crippen molar-refractivity contribution in [3.05, 3.63) is 58.8 Å². The highest BCUT2D eigenvalue weighted by atomic mass is 16.7. The van der Waals surface area contributed by atoms with Gasteiger partial charge >= 0.3 is 5.69 Å². The van der Waals surface area contributed by atoms with Crippen LogP contribution in [0.5, 0.6) is 11.5 Å². The summed E-state index contributed by atoms with van der Waals surface area (Å²) in [6.45, 7) is 0.111. The summed E-state index contributed by atoms with van der Waals surface area (Å²) in [5.41, 5.74) is 6.17. The predicted octanol–water partition coefficient (Wildman–Crippen LogP) is 0.998. The first-order chi connectivity index (χ1) is 13.6. The van der Waals surface area contributed by atoms with Crippen LogP contribution in [0.3, 0.4) is 0 Å². The van der Waals surface area contributed by atoms with E-state index in [9.17, 15) is 9.59 Å². The third kappa shape index (κ3) is 2.39. The third-order valence-corrected chi connectivity index (χ3v) is 4.28. The number of carbonyl (C=O) groups excluding carboxylic acids is 1. The van der Waals surface area contributed by atoms with E-state index in [-0.39, 0.29) is 29.5 Å². The van der Waals surface area contributed by atoms with Gasteiger partial charge in [-0.3, -0.25) is 9.78 Å². The zero-order valence-electron chi connectivity index (χ0n) is 14.2. The highest BCUT2D eigenvalue weighted by Crippen LogP contribution is 2.34. The zero-order chi connectivity index (χ0) is 19.3. The molecular weight excluding hydrogens is 364 g/mol. The molecule has 4 aromatic rings. The van der Waals surface area contributed by atoms with Crippen molar-refractivity contribution in [3.63, 3.8) is 0 Å². The van der Waals surface area contributed by atoms with Gasteiger partial charge in [0.05, 0.1) is 5.69 Å². The number of amides is 1. The highest BCUT2D eigenvalue weighted by molar-refractivity contribution is 6.02. The summed E-state index contributed by atoms with van der Waals surface area (Å²) in [4.78, 5) is 40.1. The van der Waals surface area contributed by atoms with Crippen LogP contribution in [0.15, 0.2) is 47.4 Å². The van der Waals surface area contributed by atoms with E-state index < -0.39 is 11.6 Å². The van der Waals surface area contributed by atoms with E-state index >= 15 is 0 Å². The van der Waals surface area contributed by atoms with Gasteiger partial charge in [-0.05, 0) is 24.3 Å². The van der Waals surface area contributed by atoms with Crippen LogP contribution < -0.4 is 20.9 Å². The van der Waals surface area contributed by atoms with Gasteiger partial charge in [-0.1, -0.05) is 6.07 Å². The van der Waals surface area contributed by atoms with Crippen LogP contribution in [0.1, 0.15) is 10.5 Å². The molecule has 0 aliphatic carbocycles. The number of ether oxygens (including phenoxy) is 2. The van der Waals surface area contributed by atoms with E-state index in [0.29, 0.717) is 22.9 Å². The maximum Gasteiger partial charge on any atom is 0.332 e. The molecule has 0 bridgehead atoms. The number of pyridine rings is 1. The van der Waals surface area contributed by atoms with Crippen LogP contribution >= 0.6 is 0 Å². The minimum Gasteiger partial charge on any atom is -0.454 e. The first kappa shape index (κ1) is 16.0. The van der Waals surface area contributed by atoms with Crippen molar-refractivity contribution in [1.82, 2.24) is 24.5 Å². The molecule has 0 radical (unpaired) electrons. The lowest BCUT2D eigenvalue weighted by molar-refractivity contribution is 0.0997. The topological polar surface area (TPSA) is 138 Å². The van der Waals surface area contributed by atoms with Gasteiger partial charge in [-0.2, -0.15) is 0 Å². The third-order valence-electron chi connectivity index (χ3n) is 4.28. The van der Waals surface area contributed by atoms with Crippen LogP contribution in [0.25, 0.3) is 28.4 Å². The van der Waals surface area contributed by atoms with Crippen molar-refractivity contribution in [2.24, 2.45) is 5.73 Å². The minimum atomic E-state index is -0.788. The van der Waals surface area contributed by atoms with Gasteiger partial charge in [0.25, 0.3) is 5.91 Å². The molecule has 10 nitrogen and oxygen atoms in total. The molecular formula is C18H12N6O4. The number of H-pyrrole nitrogens is 1. The maximum atomic E-state index is 12.7. The number of carbonyl (C=O) groups is 1. The fraction of sp³-hybridized carbons (Fsp3) is 0.0556. The predicted molar refractivity (Wildman–Crippen MR) is 97.4 cm³/mol. The second-order valence-corrected chi connectivity index (χ2v) is 5.98. The lowest BCUT2D eigenvalue weighted by atomic mass is 10.2. The summed E-state index contributed by atoms with van der Waals surface area (Å²) >= 11 is 0. The van der Waals surface area contributed by atoms with E-state index in [1.165, 1.54) is 4.57 Å². The molecule has 5 rings (SSSR count). The van der Waals surface area contributed by atoms with Gasteiger partial charge in [0, 0.05) is 12.3 Å². The number of hydrogen-bond donors (Lipinski definition) is 2. The van der Waals surface area contributed by atoms with E-state index in [0.717, 1.165) is 0 Å². The quantitative estimate of drug-likeness (QED) is 0.544. The van der Waals surface area contributed by atoms with Crippen molar-refractivity contribution in [3.8, 4) is 28.7 Å². The molecule has 28 heavy (non-hydrogen) atoms. The Kier molecular flexibility index (Phi) is 3.38. The molecule has 0 saturated heterocycles. The van der Waals surface area contributed by atoms with Gasteiger partial charge < -0.3 is 20.2 Å². The van der Waals surface area contributed by atoms with Crippen molar-refractivity contribution in [2.45, 2.75) is 0 Å². The zero-order valence-corrected chi connectivity index (χ0v) is 14.2. The normalized spacial score (nSPS) is 12.4. The molecule has 1 aromatic carbocycles. The fourth-order valence-electron chi connectivity index (χ4n) is 3.04. The molecule has 1 amide bonds. The number of primary amides is 1. The van der Waals surface area contributed by atoms with Gasteiger partial charge in [-0.25, -0.2) is 19.3 Å². The number of nitrogens with two attached hydrogens (primary N) is 1. The summed E-state index contributed by atoms with van der Waals surface area (Å²) in [6.07, 6.45) is 1.58. The molecule has 0 unspecified atom stereocenters. The van der Waals surface area contributed by atoms with Gasteiger partial charge in [0.2, 0.25) is 6.79 Å². The Morgan fingerprint density at radius 1 is 1.14 bits per heavy atom. The average Bonchev–Trinajstić information content (AvgIpc) is 3.30. The van der Waals surface area contributed by atoms with Crippen LogP contribution in [0.2, 0.25) is 0 Å². The highest BCUT2D eigenvalue weighted by Gasteiger charge is 2.22. The standard InChI is InChI=1S/C18H12N6O4/c19-15(25)13-14-17(23-16(21-13)10-3-1-2-6-20-10)24(18(26)22-14)9-4-5-11-12(7-9)28-8-27-11/h1-7H,8H2,(H2,19,25)(H,22,26). The molecule has 1 aliphatic rings. The van der Waals surface area contributed by atoms with Gasteiger partial charge in [0.1, 0.15) is 11.2 Å². The van der Waals surface area contributed by atoms with Crippen molar-refractivity contribution in [1.29, 1.82) is 0 Å². The Morgan fingerprint density at radius 2 is 2.00 bits per heavy atom. The number of aromatic amines is 1. The Morgan fingerprint density at radius 3 is 2.79 bits per heavy atom. The number of benzene rings is 1. The van der Waals surface area contributed by atoms with Crippen molar-refractivity contribution in [2.75, 3.05) is 6.79 Å². The van der Waals surface area contributed by atoms with Crippen LogP contribution in [0.4, 0.5) is 0 Å². The van der Waals surface area contributed by atoms with Gasteiger partial charge in [-0.15, -0.1) is 0 Å². The number of rotatable bonds is 3. The average molecular weight is 376 g/mol. The van der Waals surface area contributed by atoms with E-state index in [1.807, 2.05) is 0 Å². The molecule has 0 saturated carbocycles. The lowest BCUT2D eigenvalue weighted by Crippen LogP contribution is -2.15. The number of nitrogens with zero attached hydrogens (tertiary/aromatic N) is 4. The first-order valence-corrected chi connectivity index (χ1v) is 8.26. The second-order valence-electron chi connectivity index (χ2n) is 5.98. The molecule has 3 N–H and O–H groups in total.